The number of unbranched alkanes of at least 4 members (excludes halogenated alkanes) is 6. The van der Waals surface area contributed by atoms with Crippen molar-refractivity contribution >= 4 is 17.4 Å². The number of ketones is 1. The average Bonchev–Trinajstić information content (AvgIpc) is 2.40. The van der Waals surface area contributed by atoms with Gasteiger partial charge in [0.1, 0.15) is 0 Å². The van der Waals surface area contributed by atoms with Crippen LogP contribution in [0, 0.1) is 6.92 Å². The molecule has 106 valence electrons. The minimum atomic E-state index is 0.230. The lowest BCUT2D eigenvalue weighted by Crippen LogP contribution is -2.01. The highest BCUT2D eigenvalue weighted by Gasteiger charge is 2.09. The number of carbonyl (C=O) groups excluding carboxylic acids is 1. The molecule has 0 fully saturated rings. The fourth-order valence-corrected chi connectivity index (χ4v) is 2.44. The van der Waals surface area contributed by atoms with Crippen LogP contribution in [0.25, 0.3) is 0 Å². The molecule has 0 saturated heterocycles. The van der Waals surface area contributed by atoms with Gasteiger partial charge in [-0.1, -0.05) is 63.1 Å². The third-order valence-electron chi connectivity index (χ3n) is 3.51. The molecule has 0 N–H and O–H groups in total. The van der Waals surface area contributed by atoms with Crippen molar-refractivity contribution in [3.63, 3.8) is 0 Å². The minimum Gasteiger partial charge on any atom is -0.294 e. The topological polar surface area (TPSA) is 17.1 Å². The van der Waals surface area contributed by atoms with Gasteiger partial charge in [0.05, 0.1) is 0 Å². The fourth-order valence-electron chi connectivity index (χ4n) is 2.27. The molecule has 1 aromatic rings. The highest BCUT2D eigenvalue weighted by molar-refractivity contribution is 6.31. The third-order valence-corrected chi connectivity index (χ3v) is 3.74. The Balaban J connectivity index is 2.26. The van der Waals surface area contributed by atoms with E-state index >= 15 is 0 Å². The maximum atomic E-state index is 12.1. The van der Waals surface area contributed by atoms with Crippen LogP contribution in [0.1, 0.15) is 74.2 Å². The number of Topliss-reactive ketones (excluding diaryl/α,β-unsaturated/α-hetero) is 1. The molecule has 0 atom stereocenters. The van der Waals surface area contributed by atoms with Crippen molar-refractivity contribution in [1.29, 1.82) is 0 Å². The molecule has 0 amide bonds. The van der Waals surface area contributed by atoms with Gasteiger partial charge in [0.15, 0.2) is 5.78 Å². The molecule has 0 aliphatic heterocycles. The van der Waals surface area contributed by atoms with Crippen molar-refractivity contribution in [2.75, 3.05) is 0 Å². The molecule has 0 aromatic heterocycles. The van der Waals surface area contributed by atoms with Crippen molar-refractivity contribution in [3.05, 3.63) is 34.3 Å². The van der Waals surface area contributed by atoms with Gasteiger partial charge in [-0.15, -0.1) is 0 Å². The molecular formula is C17H25ClO. The molecule has 0 aliphatic carbocycles. The molecule has 0 bridgehead atoms. The van der Waals surface area contributed by atoms with E-state index in [-0.39, 0.29) is 5.78 Å². The number of carbonyl (C=O) groups is 1. The molecule has 19 heavy (non-hydrogen) atoms. The van der Waals surface area contributed by atoms with Crippen molar-refractivity contribution in [2.45, 2.75) is 65.2 Å². The van der Waals surface area contributed by atoms with Gasteiger partial charge in [-0.05, 0) is 31.0 Å². The Labute approximate surface area is 122 Å². The summed E-state index contributed by atoms with van der Waals surface area (Å²) in [7, 11) is 0. The van der Waals surface area contributed by atoms with Crippen molar-refractivity contribution in [3.8, 4) is 0 Å². The Hall–Kier alpha value is -0.820. The summed E-state index contributed by atoms with van der Waals surface area (Å²) in [5.74, 6) is 0.230. The first-order valence-electron chi connectivity index (χ1n) is 7.44. The second-order valence-electron chi connectivity index (χ2n) is 5.25. The first-order valence-corrected chi connectivity index (χ1v) is 7.82. The van der Waals surface area contributed by atoms with Gasteiger partial charge in [-0.25, -0.2) is 0 Å². The van der Waals surface area contributed by atoms with E-state index in [0.29, 0.717) is 11.4 Å². The summed E-state index contributed by atoms with van der Waals surface area (Å²) in [5, 5.41) is 0.647. The Morgan fingerprint density at radius 3 is 2.37 bits per heavy atom. The lowest BCUT2D eigenvalue weighted by atomic mass is 10.00. The van der Waals surface area contributed by atoms with Crippen LogP contribution in [0.2, 0.25) is 5.02 Å². The Bertz CT molecular complexity index is 398. The monoisotopic (exact) mass is 280 g/mol. The third kappa shape index (κ3) is 6.24. The molecule has 1 rings (SSSR count). The van der Waals surface area contributed by atoms with E-state index in [1.54, 1.807) is 6.07 Å². The molecule has 0 aliphatic rings. The summed E-state index contributed by atoms with van der Waals surface area (Å²) < 4.78 is 0. The van der Waals surface area contributed by atoms with Crippen molar-refractivity contribution in [1.82, 2.24) is 0 Å². The Kier molecular flexibility index (Phi) is 7.81. The maximum absolute atomic E-state index is 12.1. The molecular weight excluding hydrogens is 256 g/mol. The average molecular weight is 281 g/mol. The summed E-state index contributed by atoms with van der Waals surface area (Å²) in [6.45, 7) is 4.19. The number of benzene rings is 1. The minimum absolute atomic E-state index is 0.230. The largest absolute Gasteiger partial charge is 0.294 e. The summed E-state index contributed by atoms with van der Waals surface area (Å²) in [5.41, 5.74) is 1.82. The number of aryl methyl sites for hydroxylation is 1. The van der Waals surface area contributed by atoms with Crippen LogP contribution in [0.3, 0.4) is 0 Å². The number of rotatable bonds is 9. The molecule has 0 heterocycles. The summed E-state index contributed by atoms with van der Waals surface area (Å²) in [6.07, 6.45) is 9.31. The number of halogens is 1. The van der Waals surface area contributed by atoms with Crippen molar-refractivity contribution < 1.29 is 4.79 Å². The summed E-state index contributed by atoms with van der Waals surface area (Å²) in [4.78, 5) is 12.1. The van der Waals surface area contributed by atoms with Crippen LogP contribution in [0.5, 0.6) is 0 Å². The molecule has 1 aromatic carbocycles. The normalized spacial score (nSPS) is 10.7. The summed E-state index contributed by atoms with van der Waals surface area (Å²) in [6, 6.07) is 5.54. The predicted octanol–water partition coefficient (Wildman–Crippen LogP) is 5.97. The molecule has 0 saturated carbocycles. The Morgan fingerprint density at radius 2 is 1.68 bits per heavy atom. The fraction of sp³-hybridized carbons (Fsp3) is 0.588. The molecule has 1 nitrogen and oxygen atoms in total. The molecule has 0 radical (unpaired) electrons. The zero-order valence-electron chi connectivity index (χ0n) is 12.2. The standard InChI is InChI=1S/C17H25ClO/c1-3-4-5-6-7-8-9-10-17(19)16-13-15(18)12-11-14(16)2/h11-13H,3-10H2,1-2H3. The van der Waals surface area contributed by atoms with Crippen LogP contribution in [-0.2, 0) is 0 Å². The highest BCUT2D eigenvalue weighted by Crippen LogP contribution is 2.18. The van der Waals surface area contributed by atoms with Gasteiger partial charge < -0.3 is 0 Å². The molecule has 2 heteroatoms. The van der Waals surface area contributed by atoms with Gasteiger partial charge in [-0.3, -0.25) is 4.79 Å². The lowest BCUT2D eigenvalue weighted by molar-refractivity contribution is 0.0978. The second kappa shape index (κ2) is 9.14. The van der Waals surface area contributed by atoms with E-state index in [1.807, 2.05) is 19.1 Å². The van der Waals surface area contributed by atoms with Crippen LogP contribution < -0.4 is 0 Å². The van der Waals surface area contributed by atoms with Gasteiger partial charge in [0.25, 0.3) is 0 Å². The van der Waals surface area contributed by atoms with E-state index < -0.39 is 0 Å². The van der Waals surface area contributed by atoms with Gasteiger partial charge in [-0.2, -0.15) is 0 Å². The van der Waals surface area contributed by atoms with E-state index in [9.17, 15) is 4.79 Å². The second-order valence-corrected chi connectivity index (χ2v) is 5.69. The van der Waals surface area contributed by atoms with E-state index in [2.05, 4.69) is 6.92 Å². The quantitative estimate of drug-likeness (QED) is 0.402. The highest BCUT2D eigenvalue weighted by atomic mass is 35.5. The Morgan fingerprint density at radius 1 is 1.05 bits per heavy atom. The molecule has 0 spiro atoms. The van der Waals surface area contributed by atoms with Crippen LogP contribution in [-0.4, -0.2) is 5.78 Å². The smallest absolute Gasteiger partial charge is 0.163 e. The predicted molar refractivity (Wildman–Crippen MR) is 83.1 cm³/mol. The zero-order chi connectivity index (χ0) is 14.1. The van der Waals surface area contributed by atoms with E-state index in [1.165, 1.54) is 32.1 Å². The first-order chi connectivity index (χ1) is 9.15. The number of hydrogen-bond acceptors (Lipinski definition) is 1. The van der Waals surface area contributed by atoms with Crippen LogP contribution in [0.15, 0.2) is 18.2 Å². The van der Waals surface area contributed by atoms with Crippen LogP contribution >= 0.6 is 11.6 Å². The lowest BCUT2D eigenvalue weighted by Gasteiger charge is -2.05. The first kappa shape index (κ1) is 16.2. The van der Waals surface area contributed by atoms with Crippen LogP contribution in [0.4, 0.5) is 0 Å². The van der Waals surface area contributed by atoms with Crippen molar-refractivity contribution in [2.24, 2.45) is 0 Å². The zero-order valence-corrected chi connectivity index (χ0v) is 12.9. The maximum Gasteiger partial charge on any atom is 0.163 e. The van der Waals surface area contributed by atoms with E-state index in [0.717, 1.165) is 24.0 Å². The van der Waals surface area contributed by atoms with Gasteiger partial charge in [0, 0.05) is 17.0 Å². The van der Waals surface area contributed by atoms with Gasteiger partial charge in [0.2, 0.25) is 0 Å². The number of hydrogen-bond donors (Lipinski definition) is 0. The van der Waals surface area contributed by atoms with Gasteiger partial charge >= 0.3 is 0 Å². The summed E-state index contributed by atoms with van der Waals surface area (Å²) >= 11 is 5.94. The molecule has 0 unspecified atom stereocenters. The van der Waals surface area contributed by atoms with E-state index in [4.69, 9.17) is 11.6 Å². The SMILES string of the molecule is CCCCCCCCCC(=O)c1cc(Cl)ccc1C.